The molecule has 0 saturated carbocycles. The van der Waals surface area contributed by atoms with E-state index in [-0.39, 0.29) is 29.9 Å². The van der Waals surface area contributed by atoms with Gasteiger partial charge in [0.2, 0.25) is 5.91 Å². The van der Waals surface area contributed by atoms with Crippen LogP contribution >= 0.6 is 0 Å². The number of rotatable bonds is 4. The molecule has 0 spiro atoms. The highest BCUT2D eigenvalue weighted by Crippen LogP contribution is 2.38. The zero-order valence-electron chi connectivity index (χ0n) is 19.5. The van der Waals surface area contributed by atoms with Crippen molar-refractivity contribution in [2.45, 2.75) is 23.9 Å². The third-order valence-electron chi connectivity index (χ3n) is 6.67. The van der Waals surface area contributed by atoms with Gasteiger partial charge in [0.25, 0.3) is 5.91 Å². The first kappa shape index (κ1) is 22.6. The normalized spacial score (nSPS) is 19.0. The van der Waals surface area contributed by atoms with Crippen LogP contribution in [0.1, 0.15) is 11.1 Å². The van der Waals surface area contributed by atoms with Gasteiger partial charge in [-0.2, -0.15) is 0 Å². The highest BCUT2D eigenvalue weighted by atomic mass is 32.2. The Balaban J connectivity index is 1.38. The average molecular weight is 506 g/mol. The van der Waals surface area contributed by atoms with Crippen LogP contribution in [-0.4, -0.2) is 62.3 Å². The highest BCUT2D eigenvalue weighted by Gasteiger charge is 2.41. The molecular weight excluding hydrogens is 482 g/mol. The van der Waals surface area contributed by atoms with Gasteiger partial charge in [0.15, 0.2) is 21.5 Å². The van der Waals surface area contributed by atoms with Gasteiger partial charge in [-0.15, -0.1) is 0 Å². The molecule has 0 bridgehead atoms. The minimum absolute atomic E-state index is 0.0385. The van der Waals surface area contributed by atoms with Gasteiger partial charge in [-0.25, -0.2) is 18.4 Å². The molecule has 10 nitrogen and oxygen atoms in total. The van der Waals surface area contributed by atoms with Gasteiger partial charge in [0.1, 0.15) is 11.7 Å². The quantitative estimate of drug-likeness (QED) is 0.570. The minimum atomic E-state index is -3.31. The molecule has 11 heteroatoms. The number of nitrogens with one attached hydrogen (secondary N) is 1. The number of carbonyl (C=O) groups excluding carboxylic acids is 2. The van der Waals surface area contributed by atoms with Gasteiger partial charge in [-0.05, 0) is 41.5 Å². The fraction of sp³-hybridized carbons (Fsp3) is 0.280. The molecular formula is C25H23N5O5S. The van der Waals surface area contributed by atoms with Gasteiger partial charge in [-0.1, -0.05) is 12.1 Å². The Bertz CT molecular complexity index is 1510. The summed E-state index contributed by atoms with van der Waals surface area (Å²) in [5, 5.41) is 2.83. The van der Waals surface area contributed by atoms with E-state index in [2.05, 4.69) is 10.3 Å². The van der Waals surface area contributed by atoms with Gasteiger partial charge < -0.3 is 19.9 Å². The Hall–Kier alpha value is -3.83. The first-order chi connectivity index (χ1) is 17.3. The summed E-state index contributed by atoms with van der Waals surface area (Å²) in [7, 11) is -3.31. The van der Waals surface area contributed by atoms with Crippen LogP contribution in [0.15, 0.2) is 53.6 Å². The summed E-state index contributed by atoms with van der Waals surface area (Å²) < 4.78 is 29.2. The molecule has 1 fully saturated rings. The average Bonchev–Trinajstić information content (AvgIpc) is 3.25. The molecule has 4 heterocycles. The van der Waals surface area contributed by atoms with Crippen LogP contribution in [0.5, 0.6) is 0 Å². The maximum absolute atomic E-state index is 13.5. The maximum atomic E-state index is 13.5. The molecule has 1 aromatic heterocycles. The lowest BCUT2D eigenvalue weighted by Crippen LogP contribution is -2.58. The Labute approximate surface area is 207 Å². The second kappa shape index (κ2) is 8.38. The van der Waals surface area contributed by atoms with Crippen molar-refractivity contribution in [3.05, 3.63) is 59.8 Å². The minimum Gasteiger partial charge on any atom is -0.377 e. The molecule has 1 N–H and O–H groups in total. The summed E-state index contributed by atoms with van der Waals surface area (Å²) in [4.78, 5) is 38.5. The van der Waals surface area contributed by atoms with Crippen LogP contribution in [0.2, 0.25) is 0 Å². The fourth-order valence-electron chi connectivity index (χ4n) is 4.82. The summed E-state index contributed by atoms with van der Waals surface area (Å²) in [6, 6.07) is 11.6. The summed E-state index contributed by atoms with van der Waals surface area (Å²) >= 11 is 0. The predicted molar refractivity (Wildman–Crippen MR) is 132 cm³/mol. The topological polar surface area (TPSA) is 122 Å². The van der Waals surface area contributed by atoms with Crippen molar-refractivity contribution in [1.29, 1.82) is 0 Å². The van der Waals surface area contributed by atoms with Crippen molar-refractivity contribution >= 4 is 38.8 Å². The van der Waals surface area contributed by atoms with Crippen LogP contribution in [0.25, 0.3) is 11.4 Å². The van der Waals surface area contributed by atoms with E-state index >= 15 is 0 Å². The van der Waals surface area contributed by atoms with Gasteiger partial charge >= 0.3 is 0 Å². The molecule has 3 aliphatic rings. The van der Waals surface area contributed by atoms with E-state index in [0.717, 1.165) is 28.6 Å². The van der Waals surface area contributed by atoms with Crippen LogP contribution in [0.4, 0.5) is 17.2 Å². The van der Waals surface area contributed by atoms with E-state index < -0.39 is 15.9 Å². The van der Waals surface area contributed by atoms with Crippen LogP contribution in [0.3, 0.4) is 0 Å². The zero-order chi connectivity index (χ0) is 25.0. The Morgan fingerprint density at radius 2 is 1.94 bits per heavy atom. The van der Waals surface area contributed by atoms with Crippen LogP contribution < -0.4 is 15.1 Å². The number of carbonyl (C=O) groups is 2. The number of morpholine rings is 1. The summed E-state index contributed by atoms with van der Waals surface area (Å²) in [5.41, 5.74) is 3.86. The second-order valence-corrected chi connectivity index (χ2v) is 11.1. The monoisotopic (exact) mass is 505 g/mol. The number of amides is 2. The molecule has 2 amide bonds. The van der Waals surface area contributed by atoms with Gasteiger partial charge in [-0.3, -0.25) is 9.59 Å². The van der Waals surface area contributed by atoms with Gasteiger partial charge in [0, 0.05) is 24.1 Å². The van der Waals surface area contributed by atoms with E-state index in [1.165, 1.54) is 0 Å². The molecule has 1 unspecified atom stereocenters. The number of aromatic nitrogens is 2. The molecule has 184 valence electrons. The first-order valence-electron chi connectivity index (χ1n) is 11.5. The lowest BCUT2D eigenvalue weighted by atomic mass is 10.1. The SMILES string of the molecule is CS(=O)(=O)c1ccc(CN2C(=O)C3COCCN3c3nc(-c4ccc5c(c4)CC(=O)N5)ncc32)cc1. The van der Waals surface area contributed by atoms with E-state index in [4.69, 9.17) is 9.72 Å². The second-order valence-electron chi connectivity index (χ2n) is 9.12. The Morgan fingerprint density at radius 1 is 1.14 bits per heavy atom. The standard InChI is InChI=1S/C25H23N5O5S/c1-36(33,34)18-5-2-15(3-6-18)13-30-20-12-26-23(16-4-7-19-17(10-16)11-22(31)27-19)28-24(20)29-8-9-35-14-21(29)25(30)32/h2-7,10,12,21H,8-9,11,13-14H2,1H3,(H,27,31). The molecule has 3 aliphatic heterocycles. The molecule has 1 saturated heterocycles. The number of anilines is 3. The Kier molecular flexibility index (Phi) is 5.27. The number of hydrogen-bond donors (Lipinski definition) is 1. The largest absolute Gasteiger partial charge is 0.377 e. The number of hydrogen-bond acceptors (Lipinski definition) is 8. The maximum Gasteiger partial charge on any atom is 0.252 e. The van der Waals surface area contributed by atoms with Crippen molar-refractivity contribution in [3.63, 3.8) is 0 Å². The molecule has 3 aromatic rings. The van der Waals surface area contributed by atoms with Gasteiger partial charge in [0.05, 0.1) is 37.3 Å². The first-order valence-corrected chi connectivity index (χ1v) is 13.4. The molecule has 0 radical (unpaired) electrons. The van der Waals surface area contributed by atoms with E-state index in [9.17, 15) is 18.0 Å². The predicted octanol–water partition coefficient (Wildman–Crippen LogP) is 1.79. The number of ether oxygens (including phenoxy) is 1. The lowest BCUT2D eigenvalue weighted by molar-refractivity contribution is -0.122. The summed E-state index contributed by atoms with van der Waals surface area (Å²) in [6.45, 7) is 1.52. The number of sulfone groups is 1. The third-order valence-corrected chi connectivity index (χ3v) is 7.80. The van der Waals surface area contributed by atoms with E-state index in [1.807, 2.05) is 23.1 Å². The van der Waals surface area contributed by atoms with E-state index in [0.29, 0.717) is 36.9 Å². The zero-order valence-corrected chi connectivity index (χ0v) is 20.3. The number of fused-ring (bicyclic) bond motifs is 4. The van der Waals surface area contributed by atoms with Crippen LogP contribution in [-0.2, 0) is 37.1 Å². The fourth-order valence-corrected chi connectivity index (χ4v) is 5.45. The molecule has 6 rings (SSSR count). The smallest absolute Gasteiger partial charge is 0.252 e. The van der Waals surface area contributed by atoms with Crippen molar-refractivity contribution < 1.29 is 22.7 Å². The van der Waals surface area contributed by atoms with Crippen LogP contribution in [0, 0.1) is 0 Å². The molecule has 0 aliphatic carbocycles. The lowest BCUT2D eigenvalue weighted by Gasteiger charge is -2.43. The highest BCUT2D eigenvalue weighted by molar-refractivity contribution is 7.90. The van der Waals surface area contributed by atoms with Crippen molar-refractivity contribution in [2.24, 2.45) is 0 Å². The molecule has 1 atom stereocenters. The number of benzene rings is 2. The van der Waals surface area contributed by atoms with Crippen molar-refractivity contribution in [2.75, 3.05) is 41.1 Å². The van der Waals surface area contributed by atoms with Crippen molar-refractivity contribution in [1.82, 2.24) is 9.97 Å². The third kappa shape index (κ3) is 3.90. The summed E-state index contributed by atoms with van der Waals surface area (Å²) in [5.74, 6) is 1.000. The Morgan fingerprint density at radius 3 is 2.72 bits per heavy atom. The summed E-state index contributed by atoms with van der Waals surface area (Å²) in [6.07, 6.45) is 3.14. The number of nitrogens with zero attached hydrogens (tertiary/aromatic N) is 4. The van der Waals surface area contributed by atoms with Crippen molar-refractivity contribution in [3.8, 4) is 11.4 Å². The molecule has 2 aromatic carbocycles. The molecule has 36 heavy (non-hydrogen) atoms. The van der Waals surface area contributed by atoms with E-state index in [1.54, 1.807) is 35.4 Å².